The van der Waals surface area contributed by atoms with E-state index in [2.05, 4.69) is 29.9 Å². The van der Waals surface area contributed by atoms with Crippen LogP contribution in [0.1, 0.15) is 18.9 Å². The summed E-state index contributed by atoms with van der Waals surface area (Å²) in [5, 5.41) is 7.26. The predicted octanol–water partition coefficient (Wildman–Crippen LogP) is 1.84. The average molecular weight is 424 g/mol. The molecule has 0 saturated heterocycles. The second kappa shape index (κ2) is 8.17. The maximum atomic E-state index is 12.9. The summed E-state index contributed by atoms with van der Waals surface area (Å²) < 4.78 is 35.0. The normalized spacial score (nSPS) is 13.9. The van der Waals surface area contributed by atoms with Crippen LogP contribution in [-0.2, 0) is 21.8 Å². The lowest BCUT2D eigenvalue weighted by Gasteiger charge is -2.21. The van der Waals surface area contributed by atoms with Gasteiger partial charge in [0.05, 0.1) is 5.02 Å². The van der Waals surface area contributed by atoms with Crippen LogP contribution < -0.4 is 4.72 Å². The van der Waals surface area contributed by atoms with E-state index in [0.717, 1.165) is 0 Å². The molecule has 0 radical (unpaired) electrons. The lowest BCUT2D eigenvalue weighted by atomic mass is 10.2. The number of halogens is 1. The number of rotatable bonds is 7. The Kier molecular flexibility index (Phi) is 5.87. The number of nitrogens with zero attached hydrogens (tertiary/aromatic N) is 6. The van der Waals surface area contributed by atoms with Crippen LogP contribution in [-0.4, -0.2) is 50.5 Å². The van der Waals surface area contributed by atoms with Gasteiger partial charge in [0.1, 0.15) is 17.0 Å². The van der Waals surface area contributed by atoms with Crippen LogP contribution in [0, 0.1) is 0 Å². The van der Waals surface area contributed by atoms with Gasteiger partial charge in [0.25, 0.3) is 0 Å². The van der Waals surface area contributed by atoms with Gasteiger partial charge in [-0.05, 0) is 19.1 Å². The number of nitrogens with one attached hydrogen (secondary N) is 1. The highest BCUT2D eigenvalue weighted by atomic mass is 35.5. The Morgan fingerprint density at radius 2 is 1.89 bits per heavy atom. The number of hydrogen-bond acceptors (Lipinski definition) is 8. The first kappa shape index (κ1) is 20.1. The Morgan fingerprint density at radius 1 is 1.18 bits per heavy atom. The Balaban J connectivity index is 1.85. The van der Waals surface area contributed by atoms with Crippen molar-refractivity contribution in [3.63, 3.8) is 0 Å². The van der Waals surface area contributed by atoms with E-state index in [9.17, 15) is 8.42 Å². The van der Waals surface area contributed by atoms with E-state index in [1.54, 1.807) is 31.4 Å². The van der Waals surface area contributed by atoms with Crippen molar-refractivity contribution in [3.8, 4) is 11.5 Å². The van der Waals surface area contributed by atoms with E-state index < -0.39 is 21.4 Å². The van der Waals surface area contributed by atoms with Gasteiger partial charge in [0.15, 0.2) is 11.6 Å². The van der Waals surface area contributed by atoms with Crippen molar-refractivity contribution in [2.75, 3.05) is 11.8 Å². The smallest absolute Gasteiger partial charge is 0.240 e. The topological polar surface area (TPSA) is 125 Å². The van der Waals surface area contributed by atoms with Gasteiger partial charge in [-0.3, -0.25) is 14.3 Å². The maximum Gasteiger partial charge on any atom is 0.240 e. The van der Waals surface area contributed by atoms with Crippen LogP contribution in [0.5, 0.6) is 0 Å². The number of sulfonamides is 1. The third-order valence-electron chi connectivity index (χ3n) is 4.07. The molecule has 0 unspecified atom stereocenters. The first-order valence-corrected chi connectivity index (χ1v) is 10.1. The first-order chi connectivity index (χ1) is 13.3. The van der Waals surface area contributed by atoms with Crippen LogP contribution in [0.3, 0.4) is 0 Å². The van der Waals surface area contributed by atoms with Crippen molar-refractivity contribution in [1.29, 1.82) is 0 Å². The molecule has 0 aromatic carbocycles. The molecule has 3 aromatic heterocycles. The average Bonchev–Trinajstić information content (AvgIpc) is 3.04. The second-order valence-corrected chi connectivity index (χ2v) is 8.36. The number of anilines is 1. The fraction of sp³-hybridized carbons (Fsp3) is 0.312. The van der Waals surface area contributed by atoms with E-state index in [1.165, 1.54) is 31.0 Å². The van der Waals surface area contributed by atoms with Crippen LogP contribution in [0.2, 0.25) is 5.02 Å². The van der Waals surface area contributed by atoms with Gasteiger partial charge in [-0.1, -0.05) is 17.7 Å². The molecule has 3 aromatic rings. The fourth-order valence-corrected chi connectivity index (χ4v) is 3.77. The molecule has 0 aliphatic carbocycles. The lowest BCUT2D eigenvalue weighted by Crippen LogP contribution is -2.33. The molecule has 28 heavy (non-hydrogen) atoms. The van der Waals surface area contributed by atoms with Crippen LogP contribution in [0.15, 0.2) is 36.8 Å². The van der Waals surface area contributed by atoms with Crippen LogP contribution in [0.25, 0.3) is 11.5 Å². The van der Waals surface area contributed by atoms with Gasteiger partial charge in [-0.15, -0.1) is 10.2 Å². The predicted molar refractivity (Wildman–Crippen MR) is 103 cm³/mol. The van der Waals surface area contributed by atoms with Gasteiger partial charge >= 0.3 is 0 Å². The zero-order valence-corrected chi connectivity index (χ0v) is 16.9. The second-order valence-electron chi connectivity index (χ2n) is 5.89. The molecular formula is C16H18ClN7O3S. The van der Waals surface area contributed by atoms with Crippen molar-refractivity contribution in [2.45, 2.75) is 18.3 Å². The lowest BCUT2D eigenvalue weighted by molar-refractivity contribution is 0.0950. The van der Waals surface area contributed by atoms with Crippen molar-refractivity contribution in [2.24, 2.45) is 7.05 Å². The summed E-state index contributed by atoms with van der Waals surface area (Å²) >= 11 is 5.79. The highest BCUT2D eigenvalue weighted by Crippen LogP contribution is 2.25. The molecule has 1 N–H and O–H groups in total. The van der Waals surface area contributed by atoms with E-state index in [0.29, 0.717) is 16.5 Å². The summed E-state index contributed by atoms with van der Waals surface area (Å²) in [6.45, 7) is 1.49. The van der Waals surface area contributed by atoms with Gasteiger partial charge in [-0.2, -0.15) is 0 Å². The molecule has 0 bridgehead atoms. The maximum absolute atomic E-state index is 12.9. The number of methoxy groups -OCH3 is 1. The molecule has 3 heterocycles. The summed E-state index contributed by atoms with van der Waals surface area (Å²) in [5.41, 5.74) is 0.570. The Labute approximate surface area is 167 Å². The Morgan fingerprint density at radius 3 is 2.50 bits per heavy atom. The molecule has 0 amide bonds. The molecule has 0 spiro atoms. The van der Waals surface area contributed by atoms with E-state index >= 15 is 0 Å². The van der Waals surface area contributed by atoms with Crippen molar-refractivity contribution >= 4 is 27.6 Å². The Bertz CT molecular complexity index is 1040. The third kappa shape index (κ3) is 4.11. The Hall–Kier alpha value is -2.63. The van der Waals surface area contributed by atoms with Gasteiger partial charge in [0.2, 0.25) is 16.0 Å². The number of aromatic nitrogens is 6. The monoisotopic (exact) mass is 423 g/mol. The highest BCUT2D eigenvalue weighted by molar-refractivity contribution is 7.93. The highest BCUT2D eigenvalue weighted by Gasteiger charge is 2.34. The molecule has 12 heteroatoms. The molecule has 0 fully saturated rings. The minimum Gasteiger partial charge on any atom is -0.372 e. The van der Waals surface area contributed by atoms with Crippen molar-refractivity contribution < 1.29 is 13.2 Å². The number of pyridine rings is 1. The van der Waals surface area contributed by atoms with Gasteiger partial charge in [-0.25, -0.2) is 18.4 Å². The third-order valence-corrected chi connectivity index (χ3v) is 5.96. The molecule has 0 aliphatic heterocycles. The molecule has 2 atom stereocenters. The fourth-order valence-electron chi connectivity index (χ4n) is 2.50. The van der Waals surface area contributed by atoms with Gasteiger partial charge < -0.3 is 4.74 Å². The van der Waals surface area contributed by atoms with Crippen molar-refractivity contribution in [1.82, 2.24) is 29.7 Å². The zero-order valence-electron chi connectivity index (χ0n) is 15.3. The summed E-state index contributed by atoms with van der Waals surface area (Å²) in [5.74, 6) is 0.687. The molecule has 10 nitrogen and oxygen atoms in total. The largest absolute Gasteiger partial charge is 0.372 e. The first-order valence-electron chi connectivity index (χ1n) is 8.16. The summed E-state index contributed by atoms with van der Waals surface area (Å²) in [6, 6.07) is 5.33. The summed E-state index contributed by atoms with van der Waals surface area (Å²) in [4.78, 5) is 12.3. The minimum absolute atomic E-state index is 0.0550. The van der Waals surface area contributed by atoms with E-state index in [-0.39, 0.29) is 11.8 Å². The summed E-state index contributed by atoms with van der Waals surface area (Å²) in [7, 11) is -0.879. The van der Waals surface area contributed by atoms with E-state index in [1.807, 2.05) is 0 Å². The molecule has 3 rings (SSSR count). The number of hydrogen-bond donors (Lipinski definition) is 1. The number of ether oxygens (including phenoxy) is 1. The SMILES string of the molecule is CO[C@H](c1ncc(Cl)cn1)[C@H](C)S(=O)(=O)Nc1nnc(-c2ccccn2)n1C. The molecule has 0 saturated carbocycles. The van der Waals surface area contributed by atoms with Crippen LogP contribution >= 0.6 is 11.6 Å². The zero-order chi connectivity index (χ0) is 20.3. The molecule has 0 aliphatic rings. The summed E-state index contributed by atoms with van der Waals surface area (Å²) in [6.07, 6.45) is 3.47. The van der Waals surface area contributed by atoms with Gasteiger partial charge in [0, 0.05) is 32.7 Å². The van der Waals surface area contributed by atoms with Crippen LogP contribution in [0.4, 0.5) is 5.95 Å². The minimum atomic E-state index is -3.91. The quantitative estimate of drug-likeness (QED) is 0.610. The standard InChI is InChI=1S/C16H18ClN7O3S/c1-10(13(27-3)14-19-8-11(17)9-20-14)28(25,26)23-16-22-21-15(24(16)2)12-6-4-5-7-18-12/h4-10,13H,1-3H3,(H,22,23)/t10-,13-/m0/s1. The molecule has 148 valence electrons. The van der Waals surface area contributed by atoms with Crippen molar-refractivity contribution in [3.05, 3.63) is 47.6 Å². The van der Waals surface area contributed by atoms with E-state index in [4.69, 9.17) is 16.3 Å². The molecular weight excluding hydrogens is 406 g/mol.